The summed E-state index contributed by atoms with van der Waals surface area (Å²) in [5.74, 6) is -0.187. The molecule has 0 unspecified atom stereocenters. The zero-order chi connectivity index (χ0) is 23.4. The summed E-state index contributed by atoms with van der Waals surface area (Å²) in [6.07, 6.45) is -2.37. The Morgan fingerprint density at radius 3 is 2.12 bits per heavy atom. The van der Waals surface area contributed by atoms with Crippen LogP contribution in [0.15, 0.2) is 53.4 Å². The van der Waals surface area contributed by atoms with Crippen LogP contribution in [0.5, 0.6) is 0 Å². The van der Waals surface area contributed by atoms with Gasteiger partial charge in [-0.3, -0.25) is 14.6 Å². The number of halogens is 3. The average Bonchev–Trinajstić information content (AvgIpc) is 2.92. The van der Waals surface area contributed by atoms with Crippen LogP contribution in [0.3, 0.4) is 0 Å². The van der Waals surface area contributed by atoms with Gasteiger partial charge < -0.3 is 5.32 Å². The zero-order valence-electron chi connectivity index (χ0n) is 17.7. The second-order valence-electron chi connectivity index (χ2n) is 7.95. The van der Waals surface area contributed by atoms with Gasteiger partial charge in [0.2, 0.25) is 5.91 Å². The van der Waals surface area contributed by atoms with Crippen molar-refractivity contribution in [2.45, 2.75) is 24.0 Å². The van der Waals surface area contributed by atoms with Crippen molar-refractivity contribution >= 4 is 21.4 Å². The van der Waals surface area contributed by atoms with Gasteiger partial charge in [-0.25, -0.2) is 8.42 Å². The molecule has 0 aliphatic carbocycles. The first-order valence-electron chi connectivity index (χ1n) is 10.2. The minimum Gasteiger partial charge on any atom is -0.325 e. The maximum atomic E-state index is 12.7. The molecular formula is C22H26F3N3O3S. The van der Waals surface area contributed by atoms with Crippen LogP contribution in [0, 0.1) is 0 Å². The number of amides is 1. The summed E-state index contributed by atoms with van der Waals surface area (Å²) in [6, 6.07) is 11.2. The number of rotatable bonds is 6. The van der Waals surface area contributed by atoms with E-state index in [4.69, 9.17) is 0 Å². The van der Waals surface area contributed by atoms with E-state index < -0.39 is 21.6 Å². The normalized spacial score (nSPS) is 16.5. The lowest BCUT2D eigenvalue weighted by Gasteiger charge is -2.21. The molecule has 174 valence electrons. The van der Waals surface area contributed by atoms with Crippen LogP contribution in [-0.2, 0) is 27.4 Å². The monoisotopic (exact) mass is 469 g/mol. The highest BCUT2D eigenvalue weighted by atomic mass is 32.2. The Kier molecular flexibility index (Phi) is 7.58. The zero-order valence-corrected chi connectivity index (χ0v) is 18.5. The standard InChI is InChI=1S/C22H26F3N3O3S/c1-32(30,31)20-9-7-19(8-10-20)26-21(29)16-28-12-2-11-27(13-14-28)15-17-3-5-18(6-4-17)22(23,24)25/h3-10H,2,11-16H2,1H3,(H,26,29). The third kappa shape index (κ3) is 7.04. The quantitative estimate of drug-likeness (QED) is 0.704. The number of sulfone groups is 1. The highest BCUT2D eigenvalue weighted by molar-refractivity contribution is 7.90. The molecule has 0 spiro atoms. The first kappa shape index (κ1) is 24.2. The Morgan fingerprint density at radius 1 is 0.938 bits per heavy atom. The molecule has 2 aromatic rings. The molecule has 6 nitrogen and oxygen atoms in total. The van der Waals surface area contributed by atoms with Crippen molar-refractivity contribution in [3.8, 4) is 0 Å². The van der Waals surface area contributed by atoms with E-state index in [1.54, 1.807) is 12.1 Å². The third-order valence-corrected chi connectivity index (χ3v) is 6.43. The van der Waals surface area contributed by atoms with Crippen molar-refractivity contribution in [1.82, 2.24) is 9.80 Å². The smallest absolute Gasteiger partial charge is 0.325 e. The lowest BCUT2D eigenvalue weighted by Crippen LogP contribution is -2.36. The van der Waals surface area contributed by atoms with Crippen LogP contribution in [0.1, 0.15) is 17.5 Å². The van der Waals surface area contributed by atoms with Crippen LogP contribution in [0.2, 0.25) is 0 Å². The molecule has 1 aliphatic rings. The molecule has 1 amide bonds. The van der Waals surface area contributed by atoms with E-state index in [1.165, 1.54) is 24.3 Å². The number of benzene rings is 2. The first-order chi connectivity index (χ1) is 15.0. The van der Waals surface area contributed by atoms with Gasteiger partial charge in [0.25, 0.3) is 0 Å². The number of carbonyl (C=O) groups is 1. The largest absolute Gasteiger partial charge is 0.416 e. The first-order valence-corrected chi connectivity index (χ1v) is 12.1. The molecule has 1 saturated heterocycles. The molecule has 0 radical (unpaired) electrons. The van der Waals surface area contributed by atoms with Crippen molar-refractivity contribution in [2.75, 3.05) is 44.3 Å². The molecular weight excluding hydrogens is 443 g/mol. The van der Waals surface area contributed by atoms with Crippen LogP contribution in [-0.4, -0.2) is 63.1 Å². The lowest BCUT2D eigenvalue weighted by molar-refractivity contribution is -0.137. The van der Waals surface area contributed by atoms with E-state index in [1.807, 2.05) is 4.90 Å². The van der Waals surface area contributed by atoms with Gasteiger partial charge >= 0.3 is 6.18 Å². The molecule has 0 atom stereocenters. The molecule has 3 rings (SSSR count). The molecule has 0 aromatic heterocycles. The summed E-state index contributed by atoms with van der Waals surface area (Å²) in [6.45, 7) is 3.68. The summed E-state index contributed by atoms with van der Waals surface area (Å²) in [7, 11) is -3.29. The van der Waals surface area contributed by atoms with Crippen molar-refractivity contribution < 1.29 is 26.4 Å². The molecule has 1 N–H and O–H groups in total. The van der Waals surface area contributed by atoms with Gasteiger partial charge in [-0.2, -0.15) is 13.2 Å². The number of nitrogens with zero attached hydrogens (tertiary/aromatic N) is 2. The van der Waals surface area contributed by atoms with Gasteiger partial charge in [-0.05, 0) is 61.5 Å². The Labute approximate surface area is 185 Å². The highest BCUT2D eigenvalue weighted by Gasteiger charge is 2.30. The highest BCUT2D eigenvalue weighted by Crippen LogP contribution is 2.29. The number of hydrogen-bond acceptors (Lipinski definition) is 5. The minimum atomic E-state index is -4.34. The predicted octanol–water partition coefficient (Wildman–Crippen LogP) is 3.26. The molecule has 0 saturated carbocycles. The van der Waals surface area contributed by atoms with E-state index in [0.717, 1.165) is 43.5 Å². The predicted molar refractivity (Wildman–Crippen MR) is 116 cm³/mol. The van der Waals surface area contributed by atoms with Crippen LogP contribution < -0.4 is 5.32 Å². The topological polar surface area (TPSA) is 69.7 Å². The van der Waals surface area contributed by atoms with Gasteiger partial charge in [-0.1, -0.05) is 12.1 Å². The number of nitrogens with one attached hydrogen (secondary N) is 1. The maximum absolute atomic E-state index is 12.7. The second kappa shape index (κ2) is 10.0. The fraction of sp³-hybridized carbons (Fsp3) is 0.409. The van der Waals surface area contributed by atoms with Crippen LogP contribution >= 0.6 is 0 Å². The number of hydrogen-bond donors (Lipinski definition) is 1. The Hall–Kier alpha value is -2.43. The minimum absolute atomic E-state index is 0.187. The van der Waals surface area contributed by atoms with Gasteiger partial charge in [0.15, 0.2) is 9.84 Å². The third-order valence-electron chi connectivity index (χ3n) is 5.30. The number of anilines is 1. The molecule has 10 heteroatoms. The lowest BCUT2D eigenvalue weighted by atomic mass is 10.1. The van der Waals surface area contributed by atoms with E-state index in [9.17, 15) is 26.4 Å². The molecule has 1 heterocycles. The van der Waals surface area contributed by atoms with E-state index >= 15 is 0 Å². The number of alkyl halides is 3. The summed E-state index contributed by atoms with van der Waals surface area (Å²) in [4.78, 5) is 16.8. The fourth-order valence-corrected chi connectivity index (χ4v) is 4.22. The fourth-order valence-electron chi connectivity index (χ4n) is 3.59. The van der Waals surface area contributed by atoms with Crippen LogP contribution in [0.25, 0.3) is 0 Å². The molecule has 32 heavy (non-hydrogen) atoms. The van der Waals surface area contributed by atoms with Crippen molar-refractivity contribution in [3.05, 3.63) is 59.7 Å². The van der Waals surface area contributed by atoms with E-state index in [2.05, 4.69) is 10.2 Å². The summed E-state index contributed by atoms with van der Waals surface area (Å²) in [5.41, 5.74) is 0.697. The summed E-state index contributed by atoms with van der Waals surface area (Å²) < 4.78 is 61.2. The van der Waals surface area contributed by atoms with E-state index in [-0.39, 0.29) is 17.3 Å². The van der Waals surface area contributed by atoms with Crippen molar-refractivity contribution in [1.29, 1.82) is 0 Å². The molecule has 1 fully saturated rings. The van der Waals surface area contributed by atoms with Gasteiger partial charge in [-0.15, -0.1) is 0 Å². The number of carbonyl (C=O) groups excluding carboxylic acids is 1. The summed E-state index contributed by atoms with van der Waals surface area (Å²) in [5, 5.41) is 2.78. The van der Waals surface area contributed by atoms with Gasteiger partial charge in [0, 0.05) is 31.6 Å². The molecule has 1 aliphatic heterocycles. The van der Waals surface area contributed by atoms with E-state index in [0.29, 0.717) is 25.3 Å². The average molecular weight is 470 g/mol. The Balaban J connectivity index is 1.48. The SMILES string of the molecule is CS(=O)(=O)c1ccc(NC(=O)CN2CCCN(Cc3ccc(C(F)(F)F)cc3)CC2)cc1. The second-order valence-corrected chi connectivity index (χ2v) is 9.96. The molecule has 0 bridgehead atoms. The molecule has 2 aromatic carbocycles. The Morgan fingerprint density at radius 2 is 1.53 bits per heavy atom. The van der Waals surface area contributed by atoms with Crippen LogP contribution in [0.4, 0.5) is 18.9 Å². The van der Waals surface area contributed by atoms with Crippen molar-refractivity contribution in [2.24, 2.45) is 0 Å². The van der Waals surface area contributed by atoms with Gasteiger partial charge in [0.1, 0.15) is 0 Å². The van der Waals surface area contributed by atoms with Crippen molar-refractivity contribution in [3.63, 3.8) is 0 Å². The summed E-state index contributed by atoms with van der Waals surface area (Å²) >= 11 is 0. The maximum Gasteiger partial charge on any atom is 0.416 e. The Bertz CT molecular complexity index is 1020. The van der Waals surface area contributed by atoms with Gasteiger partial charge in [0.05, 0.1) is 17.0 Å².